The molecule has 5 nitrogen and oxygen atoms in total. The largest absolute Gasteiger partial charge is 0.455 e. The van der Waals surface area contributed by atoms with Crippen molar-refractivity contribution in [3.63, 3.8) is 0 Å². The Morgan fingerprint density at radius 2 is 0.504 bits per heavy atom. The van der Waals surface area contributed by atoms with E-state index in [0.29, 0.717) is 0 Å². The number of hydrogen-bond acceptors (Lipinski definition) is 5. The van der Waals surface area contributed by atoms with Crippen LogP contribution in [-0.2, 0) is 10.8 Å². The van der Waals surface area contributed by atoms with Crippen LogP contribution in [-0.4, -0.2) is 0 Å². The molecule has 0 fully saturated rings. The van der Waals surface area contributed by atoms with Crippen molar-refractivity contribution in [3.05, 3.63) is 482 Å². The molecule has 0 aliphatic heterocycles. The minimum absolute atomic E-state index is 0.217. The summed E-state index contributed by atoms with van der Waals surface area (Å²) in [6.07, 6.45) is 0. The molecule has 0 N–H and O–H groups in total. The van der Waals surface area contributed by atoms with Crippen LogP contribution in [0.3, 0.4) is 0 Å². The highest BCUT2D eigenvalue weighted by atomic mass is 16.3. The first kappa shape index (κ1) is 78.2. The van der Waals surface area contributed by atoms with Gasteiger partial charge in [0.15, 0.2) is 0 Å². The summed E-state index contributed by atoms with van der Waals surface area (Å²) in [5.74, 6) is 0. The maximum Gasteiger partial charge on any atom is 0.143 e. The van der Waals surface area contributed by atoms with E-state index in [9.17, 15) is 0 Å². The molecule has 1 heterocycles. The van der Waals surface area contributed by atoms with E-state index >= 15 is 0 Å². The second-order valence-electron chi connectivity index (χ2n) is 36.4. The summed E-state index contributed by atoms with van der Waals surface area (Å²) in [7, 11) is 0. The van der Waals surface area contributed by atoms with Crippen LogP contribution in [0.15, 0.2) is 453 Å². The van der Waals surface area contributed by atoms with Crippen LogP contribution in [0.1, 0.15) is 61.1 Å². The van der Waals surface area contributed by atoms with E-state index in [-0.39, 0.29) is 10.8 Å². The van der Waals surface area contributed by atoms with Crippen LogP contribution in [0.25, 0.3) is 143 Å². The topological polar surface area (TPSA) is 26.1 Å². The monoisotopic (exact) mass is 1680 g/mol. The number of anilines is 12. The number of benzene rings is 21. The van der Waals surface area contributed by atoms with Crippen LogP contribution in [0.2, 0.25) is 0 Å². The van der Waals surface area contributed by atoms with Gasteiger partial charge in [-0.2, -0.15) is 0 Å². The Morgan fingerprint density at radius 1 is 0.191 bits per heavy atom. The summed E-state index contributed by atoms with van der Waals surface area (Å²) in [6.45, 7) is 13.8. The van der Waals surface area contributed by atoms with E-state index in [1.807, 2.05) is 6.07 Å². The molecule has 0 bridgehead atoms. The molecule has 0 atom stereocenters. The van der Waals surface area contributed by atoms with Crippen molar-refractivity contribution in [2.45, 2.75) is 52.4 Å². The molecule has 0 saturated carbocycles. The highest BCUT2D eigenvalue weighted by Crippen LogP contribution is 2.57. The lowest BCUT2D eigenvalue weighted by atomic mass is 9.82. The zero-order chi connectivity index (χ0) is 87.7. The number of rotatable bonds is 17. The van der Waals surface area contributed by atoms with Crippen LogP contribution < -0.4 is 19.6 Å². The van der Waals surface area contributed by atoms with Gasteiger partial charge in [0, 0.05) is 94.2 Å². The van der Waals surface area contributed by atoms with Gasteiger partial charge in [-0.15, -0.1) is 0 Å². The third-order valence-corrected chi connectivity index (χ3v) is 28.0. The van der Waals surface area contributed by atoms with E-state index in [1.165, 1.54) is 82.7 Å². The molecule has 21 aromatic carbocycles. The fourth-order valence-electron chi connectivity index (χ4n) is 21.3. The van der Waals surface area contributed by atoms with Gasteiger partial charge in [0.05, 0.1) is 22.7 Å². The number of fused-ring (bicyclic) bond motifs is 15. The molecule has 24 rings (SSSR count). The van der Waals surface area contributed by atoms with Crippen molar-refractivity contribution < 1.29 is 4.42 Å². The van der Waals surface area contributed by atoms with Gasteiger partial charge in [0.25, 0.3) is 0 Å². The van der Waals surface area contributed by atoms with Gasteiger partial charge in [-0.1, -0.05) is 348 Å². The fourth-order valence-corrected chi connectivity index (χ4v) is 21.3. The quantitative estimate of drug-likeness (QED) is 0.0847. The van der Waals surface area contributed by atoms with Gasteiger partial charge < -0.3 is 24.0 Å². The minimum Gasteiger partial charge on any atom is -0.455 e. The Labute approximate surface area is 764 Å². The van der Waals surface area contributed by atoms with Crippen molar-refractivity contribution in [2.24, 2.45) is 0 Å². The standard InChI is InChI=1S/C126H92N4O/c1-81-41-55-94(56-42-81)127(95-57-43-82(2)44-58-95)117-73-75-119(122-102-31-12-10-25-87(102)53-69-111(117)122)129(100-67-71-107-105-33-14-17-38-113(105)125(3,4)115(107)79-100)98-63-49-86(50-64-98)91-28-21-30-93(78-91)92-29-20-27-90(77-92)85-47-61-97(62-48-85)128(96-59-45-84(46-60-96)83-23-8-7-9-24-83)118-74-76-120(123-103-32-13-11-26-88(103)54-70-112(118)123)130(101-68-72-108-106-34-15-18-39-114(106)126(5,6)116(108)80-101)99-65-51-89(52-66-99)104-36-22-37-110-109-35-16-19-40-121(109)131-124(104)110/h7-80H,1-6H3. The lowest BCUT2D eigenvalue weighted by Gasteiger charge is -2.32. The predicted molar refractivity (Wildman–Crippen MR) is 554 cm³/mol. The van der Waals surface area contributed by atoms with Crippen molar-refractivity contribution in [3.8, 4) is 77.9 Å². The number of hydrogen-bond donors (Lipinski definition) is 0. The Morgan fingerprint density at radius 3 is 0.962 bits per heavy atom. The minimum atomic E-state index is -0.234. The van der Waals surface area contributed by atoms with Crippen LogP contribution in [0.4, 0.5) is 68.2 Å². The Bertz CT molecular complexity index is 8230. The summed E-state index contributed by atoms with van der Waals surface area (Å²) in [6, 6.07) is 167. The molecule has 0 unspecified atom stereocenters. The van der Waals surface area contributed by atoms with E-state index in [4.69, 9.17) is 4.42 Å². The number of aryl methyl sites for hydroxylation is 2. The normalized spacial score (nSPS) is 12.8. The fraction of sp³-hybridized carbons (Fsp3) is 0.0635. The van der Waals surface area contributed by atoms with Crippen molar-refractivity contribution in [2.75, 3.05) is 19.6 Å². The Kier molecular flexibility index (Phi) is 18.7. The van der Waals surface area contributed by atoms with Gasteiger partial charge in [0.2, 0.25) is 0 Å². The van der Waals surface area contributed by atoms with E-state index in [1.54, 1.807) is 0 Å². The zero-order valence-corrected chi connectivity index (χ0v) is 73.9. The summed E-state index contributed by atoms with van der Waals surface area (Å²) in [5, 5.41) is 11.5. The molecule has 131 heavy (non-hydrogen) atoms. The average Bonchev–Trinajstić information content (AvgIpc) is 1.59. The van der Waals surface area contributed by atoms with Gasteiger partial charge in [-0.05, 0) is 269 Å². The molecule has 22 aromatic rings. The predicted octanol–water partition coefficient (Wildman–Crippen LogP) is 35.6. The summed E-state index contributed by atoms with van der Waals surface area (Å²) >= 11 is 0. The number of furan rings is 1. The van der Waals surface area contributed by atoms with Crippen LogP contribution >= 0.6 is 0 Å². The third kappa shape index (κ3) is 13.3. The number of para-hydroxylation sites is 2. The zero-order valence-electron chi connectivity index (χ0n) is 73.9. The molecular weight excluding hydrogens is 1590 g/mol. The molecule has 0 radical (unpaired) electrons. The average molecular weight is 1680 g/mol. The van der Waals surface area contributed by atoms with Gasteiger partial charge in [-0.25, -0.2) is 0 Å². The van der Waals surface area contributed by atoms with Crippen LogP contribution in [0, 0.1) is 13.8 Å². The third-order valence-electron chi connectivity index (χ3n) is 28.0. The molecule has 5 heteroatoms. The molecule has 0 saturated heterocycles. The van der Waals surface area contributed by atoms with Crippen molar-refractivity contribution in [1.82, 2.24) is 0 Å². The SMILES string of the molecule is Cc1ccc(N(c2ccc(C)cc2)c2ccc(N(c3ccc(-c4cccc(-c5cccc(-c6ccc(N(c7ccc(-c8ccccc8)cc7)c7ccc(N(c8ccc(-c9cccc%10c9oc9ccccc9%10)cc8)c8ccc9c(c8)C(C)(C)c8ccccc8-9)c8c7ccc7ccccc78)cc6)c5)c4)cc3)c3ccc4c(c3)C(C)(C)c3ccccc3-4)c3c2ccc2ccccc23)cc1. The van der Waals surface area contributed by atoms with E-state index < -0.39 is 0 Å². The van der Waals surface area contributed by atoms with Gasteiger partial charge in [-0.3, -0.25) is 0 Å². The summed E-state index contributed by atoms with van der Waals surface area (Å²) in [5.41, 5.74) is 38.5. The molecular formula is C126H92N4O. The summed E-state index contributed by atoms with van der Waals surface area (Å²) in [4.78, 5) is 9.89. The summed E-state index contributed by atoms with van der Waals surface area (Å²) < 4.78 is 6.67. The smallest absolute Gasteiger partial charge is 0.143 e. The van der Waals surface area contributed by atoms with Crippen LogP contribution in [0.5, 0.6) is 0 Å². The van der Waals surface area contributed by atoms with E-state index in [2.05, 4.69) is 504 Å². The molecule has 0 spiro atoms. The number of nitrogens with zero attached hydrogens (tertiary/aromatic N) is 4. The Balaban J connectivity index is 0.596. The second kappa shape index (κ2) is 31.3. The van der Waals surface area contributed by atoms with Crippen molar-refractivity contribution >= 4 is 133 Å². The van der Waals surface area contributed by atoms with Gasteiger partial charge in [0.1, 0.15) is 11.2 Å². The Hall–Kier alpha value is -16.3. The molecule has 2 aliphatic carbocycles. The first-order valence-corrected chi connectivity index (χ1v) is 45.6. The highest BCUT2D eigenvalue weighted by molar-refractivity contribution is 6.22. The van der Waals surface area contributed by atoms with Crippen molar-refractivity contribution in [1.29, 1.82) is 0 Å². The van der Waals surface area contributed by atoms with Gasteiger partial charge >= 0.3 is 0 Å². The maximum absolute atomic E-state index is 6.67. The maximum atomic E-state index is 6.67. The highest BCUT2D eigenvalue weighted by Gasteiger charge is 2.39. The van der Waals surface area contributed by atoms with E-state index in [0.717, 1.165) is 162 Å². The lowest BCUT2D eigenvalue weighted by molar-refractivity contribution is 0.660. The lowest BCUT2D eigenvalue weighted by Crippen LogP contribution is -2.17. The first-order valence-electron chi connectivity index (χ1n) is 45.6. The molecule has 622 valence electrons. The second-order valence-corrected chi connectivity index (χ2v) is 36.4. The first-order chi connectivity index (χ1) is 64.3. The molecule has 0 amide bonds. The molecule has 2 aliphatic rings. The molecule has 1 aromatic heterocycles.